The zero-order valence-corrected chi connectivity index (χ0v) is 14.7. The van der Waals surface area contributed by atoms with Gasteiger partial charge in [-0.1, -0.05) is 41.3 Å². The quantitative estimate of drug-likeness (QED) is 0.794. The van der Waals surface area contributed by atoms with E-state index < -0.39 is 0 Å². The number of nitrogens with one attached hydrogen (secondary N) is 1. The maximum atomic E-state index is 6.04. The lowest BCUT2D eigenvalue weighted by Gasteiger charge is -2.58. The highest BCUT2D eigenvalue weighted by Gasteiger charge is 2.55. The molecule has 2 nitrogen and oxygen atoms in total. The molecule has 2 aliphatic carbocycles. The van der Waals surface area contributed by atoms with Gasteiger partial charge < -0.3 is 10.1 Å². The van der Waals surface area contributed by atoms with Crippen LogP contribution >= 0.6 is 15.9 Å². The van der Waals surface area contributed by atoms with Crippen molar-refractivity contribution in [1.82, 2.24) is 0 Å². The molecule has 0 aromatic heterocycles. The summed E-state index contributed by atoms with van der Waals surface area (Å²) in [5.74, 6) is 0. The number of halogens is 1. The van der Waals surface area contributed by atoms with Crippen molar-refractivity contribution in [2.24, 2.45) is 5.41 Å². The molecule has 21 heavy (non-hydrogen) atoms. The molecule has 0 radical (unpaired) electrons. The molecule has 0 amide bonds. The van der Waals surface area contributed by atoms with E-state index in [0.29, 0.717) is 17.6 Å². The topological polar surface area (TPSA) is 21.3 Å². The first kappa shape index (κ1) is 15.4. The highest BCUT2D eigenvalue weighted by Crippen LogP contribution is 2.54. The van der Waals surface area contributed by atoms with Crippen LogP contribution in [0.4, 0.5) is 5.69 Å². The Morgan fingerprint density at radius 2 is 2.05 bits per heavy atom. The van der Waals surface area contributed by atoms with Crippen molar-refractivity contribution in [3.8, 4) is 0 Å². The van der Waals surface area contributed by atoms with E-state index in [-0.39, 0.29) is 0 Å². The second-order valence-corrected chi connectivity index (χ2v) is 7.44. The summed E-state index contributed by atoms with van der Waals surface area (Å²) in [5.41, 5.74) is 2.96. The average molecular weight is 352 g/mol. The van der Waals surface area contributed by atoms with Crippen molar-refractivity contribution < 1.29 is 4.74 Å². The second-order valence-electron chi connectivity index (χ2n) is 6.58. The third-order valence-electron chi connectivity index (χ3n) is 5.53. The molecule has 1 spiro atoms. The van der Waals surface area contributed by atoms with Gasteiger partial charge in [0.05, 0.1) is 6.10 Å². The molecule has 0 saturated heterocycles. The number of rotatable bonds is 4. The first-order valence-corrected chi connectivity index (χ1v) is 9.10. The fraction of sp³-hybridized carbons (Fsp3) is 0.667. The zero-order chi connectivity index (χ0) is 14.9. The summed E-state index contributed by atoms with van der Waals surface area (Å²) in [6.07, 6.45) is 8.37. The predicted octanol–water partition coefficient (Wildman–Crippen LogP) is 5.30. The van der Waals surface area contributed by atoms with Gasteiger partial charge in [0.25, 0.3) is 0 Å². The molecule has 2 saturated carbocycles. The lowest BCUT2D eigenvalue weighted by Crippen LogP contribution is -2.62. The van der Waals surface area contributed by atoms with Gasteiger partial charge in [0, 0.05) is 28.2 Å². The minimum absolute atomic E-state index is 0.378. The van der Waals surface area contributed by atoms with Crippen LogP contribution in [0, 0.1) is 12.3 Å². The van der Waals surface area contributed by atoms with Crippen LogP contribution < -0.4 is 5.32 Å². The Kier molecular flexibility index (Phi) is 4.60. The van der Waals surface area contributed by atoms with E-state index in [2.05, 4.69) is 53.3 Å². The van der Waals surface area contributed by atoms with Gasteiger partial charge in [-0.15, -0.1) is 0 Å². The Bertz CT molecular complexity index is 496. The summed E-state index contributed by atoms with van der Waals surface area (Å²) in [7, 11) is 0. The van der Waals surface area contributed by atoms with Gasteiger partial charge in [0.1, 0.15) is 0 Å². The second kappa shape index (κ2) is 6.29. The van der Waals surface area contributed by atoms with Crippen LogP contribution in [-0.2, 0) is 4.74 Å². The molecule has 1 N–H and O–H groups in total. The maximum Gasteiger partial charge on any atom is 0.0670 e. The number of anilines is 1. The van der Waals surface area contributed by atoms with Gasteiger partial charge in [0.15, 0.2) is 0 Å². The minimum atomic E-state index is 0.378. The molecule has 2 fully saturated rings. The third-order valence-corrected chi connectivity index (χ3v) is 6.39. The summed E-state index contributed by atoms with van der Waals surface area (Å²) < 4.78 is 7.23. The summed E-state index contributed by atoms with van der Waals surface area (Å²) in [5, 5.41) is 3.83. The molecule has 2 atom stereocenters. The standard InChI is InChI=1S/C18H26BrNO/c1-3-21-17-12-16(18(17)10-5-4-6-11-18)20-15-9-7-8-14(19)13(15)2/h7-9,16-17,20H,3-6,10-12H2,1-2H3. The van der Waals surface area contributed by atoms with E-state index in [1.165, 1.54) is 47.8 Å². The molecule has 3 heteroatoms. The lowest BCUT2D eigenvalue weighted by atomic mass is 9.55. The van der Waals surface area contributed by atoms with Crippen LogP contribution in [0.3, 0.4) is 0 Å². The van der Waals surface area contributed by atoms with Crippen LogP contribution in [0.1, 0.15) is 51.0 Å². The molecule has 3 rings (SSSR count). The van der Waals surface area contributed by atoms with Crippen molar-refractivity contribution >= 4 is 21.6 Å². The Morgan fingerprint density at radius 1 is 1.29 bits per heavy atom. The van der Waals surface area contributed by atoms with Crippen LogP contribution in [0.2, 0.25) is 0 Å². The van der Waals surface area contributed by atoms with E-state index in [0.717, 1.165) is 13.0 Å². The number of hydrogen-bond donors (Lipinski definition) is 1. The van der Waals surface area contributed by atoms with E-state index in [9.17, 15) is 0 Å². The normalized spacial score (nSPS) is 27.4. The molecule has 0 aliphatic heterocycles. The molecule has 1 aromatic rings. The predicted molar refractivity (Wildman–Crippen MR) is 91.8 cm³/mol. The smallest absolute Gasteiger partial charge is 0.0670 e. The Labute approximate surface area is 136 Å². The van der Waals surface area contributed by atoms with E-state index in [1.54, 1.807) is 0 Å². The third kappa shape index (κ3) is 2.75. The molecule has 2 unspecified atom stereocenters. The molecular formula is C18H26BrNO. The van der Waals surface area contributed by atoms with E-state index in [1.807, 2.05) is 0 Å². The van der Waals surface area contributed by atoms with Crippen LogP contribution in [0.5, 0.6) is 0 Å². The fourth-order valence-corrected chi connectivity index (χ4v) is 4.58. The largest absolute Gasteiger partial charge is 0.381 e. The van der Waals surface area contributed by atoms with Crippen molar-refractivity contribution in [2.45, 2.75) is 64.5 Å². The molecule has 0 heterocycles. The number of benzene rings is 1. The Balaban J connectivity index is 1.77. The van der Waals surface area contributed by atoms with Crippen LogP contribution in [-0.4, -0.2) is 18.8 Å². The monoisotopic (exact) mass is 351 g/mol. The summed E-state index contributed by atoms with van der Waals surface area (Å²) in [4.78, 5) is 0. The minimum Gasteiger partial charge on any atom is -0.381 e. The van der Waals surface area contributed by atoms with Gasteiger partial charge in [-0.05, 0) is 50.8 Å². The first-order chi connectivity index (χ1) is 10.2. The molecular weight excluding hydrogens is 326 g/mol. The van der Waals surface area contributed by atoms with Crippen molar-refractivity contribution in [1.29, 1.82) is 0 Å². The number of hydrogen-bond acceptors (Lipinski definition) is 2. The van der Waals surface area contributed by atoms with Gasteiger partial charge in [0.2, 0.25) is 0 Å². The van der Waals surface area contributed by atoms with Crippen molar-refractivity contribution in [3.63, 3.8) is 0 Å². The van der Waals surface area contributed by atoms with Gasteiger partial charge in [-0.3, -0.25) is 0 Å². The number of ether oxygens (including phenoxy) is 1. The lowest BCUT2D eigenvalue weighted by molar-refractivity contribution is -0.134. The highest BCUT2D eigenvalue weighted by atomic mass is 79.9. The van der Waals surface area contributed by atoms with E-state index in [4.69, 9.17) is 4.74 Å². The maximum absolute atomic E-state index is 6.04. The summed E-state index contributed by atoms with van der Waals surface area (Å²) in [6.45, 7) is 5.14. The fourth-order valence-electron chi connectivity index (χ4n) is 4.22. The Hall–Kier alpha value is -0.540. The molecule has 2 aliphatic rings. The summed E-state index contributed by atoms with van der Waals surface area (Å²) >= 11 is 3.64. The zero-order valence-electron chi connectivity index (χ0n) is 13.1. The summed E-state index contributed by atoms with van der Waals surface area (Å²) in [6, 6.07) is 7.00. The van der Waals surface area contributed by atoms with E-state index >= 15 is 0 Å². The van der Waals surface area contributed by atoms with Gasteiger partial charge >= 0.3 is 0 Å². The first-order valence-electron chi connectivity index (χ1n) is 8.30. The van der Waals surface area contributed by atoms with Crippen LogP contribution in [0.25, 0.3) is 0 Å². The van der Waals surface area contributed by atoms with Crippen LogP contribution in [0.15, 0.2) is 22.7 Å². The SMILES string of the molecule is CCOC1CC(Nc2cccc(Br)c2C)C12CCCCC2. The molecule has 1 aromatic carbocycles. The van der Waals surface area contributed by atoms with Crippen molar-refractivity contribution in [3.05, 3.63) is 28.2 Å². The molecule has 0 bridgehead atoms. The highest BCUT2D eigenvalue weighted by molar-refractivity contribution is 9.10. The molecule has 116 valence electrons. The average Bonchev–Trinajstić information content (AvgIpc) is 2.51. The van der Waals surface area contributed by atoms with Gasteiger partial charge in [-0.2, -0.15) is 0 Å². The van der Waals surface area contributed by atoms with Crippen molar-refractivity contribution in [2.75, 3.05) is 11.9 Å². The van der Waals surface area contributed by atoms with Gasteiger partial charge in [-0.25, -0.2) is 0 Å². The Morgan fingerprint density at radius 3 is 2.76 bits per heavy atom.